The molecule has 1 saturated heterocycles. The Morgan fingerprint density at radius 2 is 1.81 bits per heavy atom. The van der Waals surface area contributed by atoms with Gasteiger partial charge in [0.15, 0.2) is 0 Å². The van der Waals surface area contributed by atoms with Gasteiger partial charge in [-0.25, -0.2) is 27.1 Å². The highest BCUT2D eigenvalue weighted by Crippen LogP contribution is 2.58. The molecule has 0 spiro atoms. The van der Waals surface area contributed by atoms with E-state index >= 15 is 8.78 Å². The van der Waals surface area contributed by atoms with Crippen molar-refractivity contribution in [3.8, 4) is 0 Å². The number of H-pyrrole nitrogens is 1. The molecule has 1 saturated carbocycles. The van der Waals surface area contributed by atoms with E-state index in [0.717, 1.165) is 12.1 Å². The fraction of sp³-hybridized carbons (Fsp3) is 0.462. The standard InChI is InChI=1S/C26H29F2N3O4S/c1-16-9-10-22(17-7-5-4-6-8-17)36(33,34)31(16)13-18-11-21(28)19(12-20(18)27)26(14-25(2,3)15-26)23-29-30-24(32)35-23/h4-8,11-12,16,22H,9-10,13-15H2,1-3H3,(H,30,32)/t16-,22+/m0/s1. The Balaban J connectivity index is 1.49. The Morgan fingerprint density at radius 1 is 1.11 bits per heavy atom. The molecule has 2 atom stereocenters. The number of halogens is 2. The van der Waals surface area contributed by atoms with Gasteiger partial charge < -0.3 is 4.42 Å². The van der Waals surface area contributed by atoms with Crippen LogP contribution in [0, 0.1) is 17.0 Å². The van der Waals surface area contributed by atoms with Crippen LogP contribution in [0.4, 0.5) is 8.78 Å². The molecule has 1 aromatic heterocycles. The molecule has 0 unspecified atom stereocenters. The molecule has 2 aromatic carbocycles. The first-order chi connectivity index (χ1) is 16.9. The van der Waals surface area contributed by atoms with Crippen molar-refractivity contribution in [2.24, 2.45) is 5.41 Å². The van der Waals surface area contributed by atoms with E-state index < -0.39 is 38.1 Å². The number of sulfonamides is 1. The van der Waals surface area contributed by atoms with Gasteiger partial charge >= 0.3 is 5.76 Å². The zero-order valence-corrected chi connectivity index (χ0v) is 21.2. The quantitative estimate of drug-likeness (QED) is 0.524. The lowest BCUT2D eigenvalue weighted by molar-refractivity contribution is 0.0623. The predicted molar refractivity (Wildman–Crippen MR) is 130 cm³/mol. The second-order valence-corrected chi connectivity index (χ2v) is 12.9. The molecule has 1 N–H and O–H groups in total. The van der Waals surface area contributed by atoms with Crippen LogP contribution >= 0.6 is 0 Å². The summed E-state index contributed by atoms with van der Waals surface area (Å²) in [6.45, 7) is 5.49. The van der Waals surface area contributed by atoms with Gasteiger partial charge in [-0.05, 0) is 55.7 Å². The monoisotopic (exact) mass is 517 g/mol. The summed E-state index contributed by atoms with van der Waals surface area (Å²) in [7, 11) is -3.80. The average molecular weight is 518 g/mol. The van der Waals surface area contributed by atoms with E-state index in [1.54, 1.807) is 31.2 Å². The van der Waals surface area contributed by atoms with Crippen LogP contribution in [0.15, 0.2) is 51.7 Å². The fourth-order valence-electron chi connectivity index (χ4n) is 6.07. The summed E-state index contributed by atoms with van der Waals surface area (Å²) < 4.78 is 64.6. The number of hydrogen-bond acceptors (Lipinski definition) is 5. The van der Waals surface area contributed by atoms with Gasteiger partial charge in [0.05, 0.1) is 5.41 Å². The first-order valence-corrected chi connectivity index (χ1v) is 13.5. The van der Waals surface area contributed by atoms with Crippen LogP contribution in [0.2, 0.25) is 0 Å². The van der Waals surface area contributed by atoms with Gasteiger partial charge in [-0.2, -0.15) is 4.31 Å². The lowest BCUT2D eigenvalue weighted by atomic mass is 9.51. The Hall–Kier alpha value is -2.85. The third-order valence-electron chi connectivity index (χ3n) is 7.58. The predicted octanol–water partition coefficient (Wildman–Crippen LogP) is 4.80. The van der Waals surface area contributed by atoms with Gasteiger partial charge in [0.1, 0.15) is 16.9 Å². The molecular weight excluding hydrogens is 488 g/mol. The zero-order valence-electron chi connectivity index (χ0n) is 20.4. The van der Waals surface area contributed by atoms with Gasteiger partial charge in [-0.15, -0.1) is 5.10 Å². The number of hydrogen-bond donors (Lipinski definition) is 1. The molecule has 10 heteroatoms. The summed E-state index contributed by atoms with van der Waals surface area (Å²) in [4.78, 5) is 11.6. The molecule has 7 nitrogen and oxygen atoms in total. The van der Waals surface area contributed by atoms with Crippen molar-refractivity contribution in [3.05, 3.63) is 87.2 Å². The lowest BCUT2D eigenvalue weighted by Gasteiger charge is -2.51. The Kier molecular flexibility index (Phi) is 5.95. The smallest absolute Gasteiger partial charge is 0.392 e. The molecule has 2 heterocycles. The molecule has 2 aliphatic rings. The minimum absolute atomic E-state index is 0.0239. The van der Waals surface area contributed by atoms with Crippen molar-refractivity contribution in [2.45, 2.75) is 69.7 Å². The van der Waals surface area contributed by atoms with Crippen molar-refractivity contribution in [2.75, 3.05) is 0 Å². The van der Waals surface area contributed by atoms with Crippen molar-refractivity contribution in [1.82, 2.24) is 14.5 Å². The zero-order chi connectivity index (χ0) is 25.9. The first-order valence-electron chi connectivity index (χ1n) is 12.0. The normalized spacial score (nSPS) is 24.8. The molecule has 36 heavy (non-hydrogen) atoms. The SMILES string of the molecule is C[C@H]1CC[C@H](c2ccccc2)S(=O)(=O)N1Cc1cc(F)c(C2(c3n[nH]c(=O)o3)CC(C)(C)C2)cc1F. The minimum Gasteiger partial charge on any atom is -0.392 e. The van der Waals surface area contributed by atoms with Crippen molar-refractivity contribution in [1.29, 1.82) is 0 Å². The molecule has 1 aliphatic carbocycles. The summed E-state index contributed by atoms with van der Waals surface area (Å²) in [5, 5.41) is 5.40. The van der Waals surface area contributed by atoms with E-state index in [2.05, 4.69) is 10.2 Å². The number of aromatic amines is 1. The Morgan fingerprint density at radius 3 is 2.42 bits per heavy atom. The number of benzene rings is 2. The van der Waals surface area contributed by atoms with Crippen LogP contribution in [-0.2, 0) is 22.0 Å². The average Bonchev–Trinajstić information content (AvgIpc) is 3.23. The molecule has 192 valence electrons. The van der Waals surface area contributed by atoms with E-state index in [1.165, 1.54) is 4.31 Å². The third kappa shape index (κ3) is 4.10. The highest BCUT2D eigenvalue weighted by molar-refractivity contribution is 7.89. The second-order valence-electron chi connectivity index (χ2n) is 10.9. The van der Waals surface area contributed by atoms with E-state index in [0.29, 0.717) is 31.2 Å². The molecule has 5 rings (SSSR count). The first kappa shape index (κ1) is 24.8. The molecule has 2 fully saturated rings. The van der Waals surface area contributed by atoms with Crippen LogP contribution in [0.5, 0.6) is 0 Å². The van der Waals surface area contributed by atoms with E-state index in [1.807, 2.05) is 19.9 Å². The second kappa shape index (κ2) is 8.62. The highest BCUT2D eigenvalue weighted by atomic mass is 32.2. The summed E-state index contributed by atoms with van der Waals surface area (Å²) in [5.74, 6) is -2.13. The molecule has 0 bridgehead atoms. The number of aromatic nitrogens is 2. The molecule has 1 aliphatic heterocycles. The van der Waals surface area contributed by atoms with Crippen LogP contribution < -0.4 is 5.76 Å². The number of nitrogens with zero attached hydrogens (tertiary/aromatic N) is 2. The molecule has 0 amide bonds. The van der Waals surface area contributed by atoms with Crippen molar-refractivity contribution in [3.63, 3.8) is 0 Å². The van der Waals surface area contributed by atoms with Gasteiger partial charge in [-0.1, -0.05) is 44.2 Å². The van der Waals surface area contributed by atoms with E-state index in [-0.39, 0.29) is 35.0 Å². The maximum absolute atomic E-state index is 15.6. The van der Waals surface area contributed by atoms with Gasteiger partial charge in [-0.3, -0.25) is 0 Å². The van der Waals surface area contributed by atoms with Gasteiger partial charge in [0.2, 0.25) is 15.9 Å². The van der Waals surface area contributed by atoms with Gasteiger partial charge in [0.25, 0.3) is 0 Å². The van der Waals surface area contributed by atoms with Crippen molar-refractivity contribution >= 4 is 10.0 Å². The minimum atomic E-state index is -3.80. The summed E-state index contributed by atoms with van der Waals surface area (Å²) in [6, 6.07) is 10.8. The highest BCUT2D eigenvalue weighted by Gasteiger charge is 2.56. The van der Waals surface area contributed by atoms with Gasteiger partial charge in [0, 0.05) is 23.7 Å². The topological polar surface area (TPSA) is 96.3 Å². The Labute approximate surface area is 208 Å². The van der Waals surface area contributed by atoms with E-state index in [9.17, 15) is 13.2 Å². The van der Waals surface area contributed by atoms with Crippen LogP contribution in [-0.4, -0.2) is 29.0 Å². The number of nitrogens with one attached hydrogen (secondary N) is 1. The fourth-order valence-corrected chi connectivity index (χ4v) is 8.26. The summed E-state index contributed by atoms with van der Waals surface area (Å²) in [6.07, 6.45) is 1.91. The molecule has 0 radical (unpaired) electrons. The largest absolute Gasteiger partial charge is 0.434 e. The lowest BCUT2D eigenvalue weighted by Crippen LogP contribution is -2.48. The third-order valence-corrected chi connectivity index (χ3v) is 9.95. The summed E-state index contributed by atoms with van der Waals surface area (Å²) >= 11 is 0. The van der Waals surface area contributed by atoms with Crippen LogP contribution in [0.3, 0.4) is 0 Å². The maximum Gasteiger partial charge on any atom is 0.434 e. The van der Waals surface area contributed by atoms with Crippen LogP contribution in [0.1, 0.15) is 74.3 Å². The van der Waals surface area contributed by atoms with E-state index in [4.69, 9.17) is 4.42 Å². The van der Waals surface area contributed by atoms with Crippen molar-refractivity contribution < 1.29 is 21.6 Å². The van der Waals surface area contributed by atoms with Crippen LogP contribution in [0.25, 0.3) is 0 Å². The number of rotatable bonds is 5. The molecular formula is C26H29F2N3O4S. The maximum atomic E-state index is 15.6. The Bertz CT molecular complexity index is 1440. The molecule has 3 aromatic rings. The summed E-state index contributed by atoms with van der Waals surface area (Å²) in [5.41, 5.74) is -0.559.